The van der Waals surface area contributed by atoms with Crippen LogP contribution < -0.4 is 0 Å². The molecule has 0 amide bonds. The number of hydrogen-bond acceptors (Lipinski definition) is 4. The topological polar surface area (TPSA) is 311 Å². The average Bonchev–Trinajstić information content (AvgIpc) is 1.62. The van der Waals surface area contributed by atoms with Crippen molar-refractivity contribution in [3.8, 4) is 0 Å². The van der Waals surface area contributed by atoms with Gasteiger partial charge in [0.2, 0.25) is 0 Å². The standard InChI is InChI=1S/10Na.4H3O4P.10H/c;;;;;;;;;;4*1-5(2,3)4;;;;;;;;;;/h;;;;;;;;;;4*(H3,1,2,3,4);;;;;;;;;;. The van der Waals surface area contributed by atoms with Gasteiger partial charge in [-0.2, -0.15) is 0 Å². The second-order valence-electron chi connectivity index (χ2n) is 2.05. The maximum absolute atomic E-state index is 8.88. The second-order valence-corrected chi connectivity index (χ2v) is 6.16. The zero-order valence-electron chi connectivity index (χ0n) is 8.79. The SMILES string of the molecule is O=P(O)(O)O.O=P(O)(O)O.O=P(O)(O)O.O=P(O)(O)O.[NaH].[NaH].[NaH].[NaH].[NaH].[NaH].[NaH].[NaH].[NaH].[NaH]. The maximum atomic E-state index is 8.88. The molecule has 0 heterocycles. The van der Waals surface area contributed by atoms with Crippen LogP contribution in [-0.4, -0.2) is 354 Å². The van der Waals surface area contributed by atoms with Crippen LogP contribution in [0.1, 0.15) is 0 Å². The van der Waals surface area contributed by atoms with Crippen LogP contribution in [0, 0.1) is 0 Å². The third kappa shape index (κ3) is 494. The van der Waals surface area contributed by atoms with Gasteiger partial charge in [-0.3, -0.25) is 0 Å². The molecule has 0 aliphatic rings. The molecule has 0 radical (unpaired) electrons. The van der Waals surface area contributed by atoms with Crippen molar-refractivity contribution in [2.45, 2.75) is 0 Å². The quantitative estimate of drug-likeness (QED) is 0.0872. The summed E-state index contributed by atoms with van der Waals surface area (Å²) in [5.41, 5.74) is 0. The third-order valence-electron chi connectivity index (χ3n) is 0. The van der Waals surface area contributed by atoms with E-state index in [1.807, 2.05) is 0 Å². The van der Waals surface area contributed by atoms with Crippen molar-refractivity contribution in [1.82, 2.24) is 0 Å². The van der Waals surface area contributed by atoms with Crippen molar-refractivity contribution >= 4 is 327 Å². The van der Waals surface area contributed by atoms with Gasteiger partial charge in [0.1, 0.15) is 0 Å². The summed E-state index contributed by atoms with van der Waals surface area (Å²) in [4.78, 5) is 86.2. The van der Waals surface area contributed by atoms with Gasteiger partial charge in [-0.1, -0.05) is 0 Å². The zero-order valence-corrected chi connectivity index (χ0v) is 12.4. The second kappa shape index (κ2) is 49.1. The summed E-state index contributed by atoms with van der Waals surface area (Å²) < 4.78 is 35.5. The Hall–Kier alpha value is 10.4. The van der Waals surface area contributed by atoms with Gasteiger partial charge >= 0.3 is 327 Å². The van der Waals surface area contributed by atoms with E-state index in [1.165, 1.54) is 0 Å². The molecule has 0 fully saturated rings. The number of phosphoric acid groups is 4. The van der Waals surface area contributed by atoms with Crippen LogP contribution in [0.15, 0.2) is 0 Å². The molecule has 0 aliphatic carbocycles. The van der Waals surface area contributed by atoms with E-state index in [9.17, 15) is 0 Å². The van der Waals surface area contributed by atoms with Gasteiger partial charge in [-0.25, -0.2) is 18.3 Å². The molecule has 0 atom stereocenters. The van der Waals surface area contributed by atoms with Gasteiger partial charge in [0.05, 0.1) is 0 Å². The number of rotatable bonds is 0. The fourth-order valence-electron chi connectivity index (χ4n) is 0. The Morgan fingerprint density at radius 3 is 0.233 bits per heavy atom. The Balaban J connectivity index is -0.00000000853. The summed E-state index contributed by atoms with van der Waals surface area (Å²) in [7, 11) is -18.6. The van der Waals surface area contributed by atoms with E-state index >= 15 is 0 Å². The van der Waals surface area contributed by atoms with Crippen LogP contribution in [-0.2, 0) is 18.3 Å². The van der Waals surface area contributed by atoms with Crippen LogP contribution >= 0.6 is 31.3 Å². The molecular formula is H22Na10O16P4. The van der Waals surface area contributed by atoms with E-state index in [0.717, 1.165) is 0 Å². The molecule has 0 aliphatic heterocycles. The van der Waals surface area contributed by atoms with Gasteiger partial charge in [-0.15, -0.1) is 0 Å². The van der Waals surface area contributed by atoms with Gasteiger partial charge in [-0.05, 0) is 0 Å². The molecule has 0 aromatic heterocycles. The summed E-state index contributed by atoms with van der Waals surface area (Å²) in [5.74, 6) is 0. The van der Waals surface area contributed by atoms with E-state index in [2.05, 4.69) is 0 Å². The molecule has 148 valence electrons. The molecule has 0 saturated carbocycles. The van der Waals surface area contributed by atoms with Crippen molar-refractivity contribution in [1.29, 1.82) is 0 Å². The van der Waals surface area contributed by atoms with E-state index in [1.54, 1.807) is 0 Å². The normalized spacial score (nSPS) is 7.87. The van der Waals surface area contributed by atoms with Crippen molar-refractivity contribution in [3.05, 3.63) is 0 Å². The fraction of sp³-hybridized carbons (Fsp3) is 0. The van der Waals surface area contributed by atoms with Crippen LogP contribution in [0.3, 0.4) is 0 Å². The summed E-state index contributed by atoms with van der Waals surface area (Å²) in [5, 5.41) is 0. The molecule has 16 nitrogen and oxygen atoms in total. The molecule has 12 N–H and O–H groups in total. The summed E-state index contributed by atoms with van der Waals surface area (Å²) in [6.45, 7) is 0. The van der Waals surface area contributed by atoms with E-state index in [-0.39, 0.29) is 296 Å². The minimum absolute atomic E-state index is 0. The zero-order chi connectivity index (χ0) is 18.0. The predicted octanol–water partition coefficient (Wildman–Crippen LogP) is -10.2. The molecule has 0 bridgehead atoms. The van der Waals surface area contributed by atoms with Crippen LogP contribution in [0.5, 0.6) is 0 Å². The molecule has 0 unspecified atom stereocenters. The van der Waals surface area contributed by atoms with Gasteiger partial charge < -0.3 is 58.7 Å². The molecule has 0 aromatic carbocycles. The summed E-state index contributed by atoms with van der Waals surface area (Å²) in [6, 6.07) is 0. The predicted molar refractivity (Wildman–Crippen MR) is 129 cm³/mol. The first-order valence-electron chi connectivity index (χ1n) is 3.13. The van der Waals surface area contributed by atoms with Gasteiger partial charge in [0.15, 0.2) is 0 Å². The average molecular weight is 632 g/mol. The minimum atomic E-state index is -4.64. The van der Waals surface area contributed by atoms with Crippen molar-refractivity contribution in [3.63, 3.8) is 0 Å². The van der Waals surface area contributed by atoms with Gasteiger partial charge in [0.25, 0.3) is 0 Å². The Labute approximate surface area is 393 Å². The first kappa shape index (κ1) is 90.0. The summed E-state index contributed by atoms with van der Waals surface area (Å²) >= 11 is 0. The van der Waals surface area contributed by atoms with Crippen LogP contribution in [0.25, 0.3) is 0 Å². The molecule has 0 spiro atoms. The molecule has 30 heavy (non-hydrogen) atoms. The molecule has 0 rings (SSSR count). The van der Waals surface area contributed by atoms with E-state index in [4.69, 9.17) is 77.0 Å². The molecule has 0 saturated heterocycles. The Morgan fingerprint density at radius 1 is 0.233 bits per heavy atom. The first-order chi connectivity index (χ1) is 8.00. The van der Waals surface area contributed by atoms with E-state index < -0.39 is 31.3 Å². The fourth-order valence-corrected chi connectivity index (χ4v) is 0. The molecule has 30 heteroatoms. The summed E-state index contributed by atoms with van der Waals surface area (Å²) in [6.07, 6.45) is 0. The number of hydrogen-bond donors (Lipinski definition) is 12. The molecule has 0 aromatic rings. The van der Waals surface area contributed by atoms with Crippen LogP contribution in [0.4, 0.5) is 0 Å². The first-order valence-corrected chi connectivity index (χ1v) is 9.39. The van der Waals surface area contributed by atoms with Crippen molar-refractivity contribution in [2.24, 2.45) is 0 Å². The van der Waals surface area contributed by atoms with Crippen molar-refractivity contribution < 1.29 is 77.0 Å². The van der Waals surface area contributed by atoms with Crippen molar-refractivity contribution in [2.75, 3.05) is 0 Å². The van der Waals surface area contributed by atoms with E-state index in [0.29, 0.717) is 0 Å². The Kier molecular flexibility index (Phi) is 147. The monoisotopic (exact) mass is 632 g/mol. The molecular weight excluding hydrogens is 610 g/mol. The van der Waals surface area contributed by atoms with Crippen LogP contribution in [0.2, 0.25) is 0 Å². The third-order valence-corrected chi connectivity index (χ3v) is 0. The van der Waals surface area contributed by atoms with Gasteiger partial charge in [0, 0.05) is 0 Å². The Morgan fingerprint density at radius 2 is 0.233 bits per heavy atom. The Bertz CT molecular complexity index is 307.